The molecular weight excluding hydrogens is 273 g/mol. The van der Waals surface area contributed by atoms with Crippen LogP contribution in [0.25, 0.3) is 0 Å². The van der Waals surface area contributed by atoms with Gasteiger partial charge in [0.15, 0.2) is 0 Å². The van der Waals surface area contributed by atoms with Crippen LogP contribution < -0.4 is 0 Å². The van der Waals surface area contributed by atoms with Gasteiger partial charge >= 0.3 is 6.18 Å². The topological polar surface area (TPSA) is 0 Å². The van der Waals surface area contributed by atoms with Crippen molar-refractivity contribution >= 4 is 0 Å². The Hall–Kier alpha value is -0.730. The van der Waals surface area contributed by atoms with Crippen LogP contribution in [0.3, 0.4) is 0 Å². The molecule has 0 N–H and O–H groups in total. The van der Waals surface area contributed by atoms with Gasteiger partial charge in [0.25, 0.3) is 0 Å². The third-order valence-electron chi connectivity index (χ3n) is 1.96. The zero-order chi connectivity index (χ0) is 17.9. The molecule has 0 aliphatic rings. The summed E-state index contributed by atoms with van der Waals surface area (Å²) in [5, 5.41) is 0. The number of allylic oxidation sites excluding steroid dienone is 3. The SMILES string of the molecule is C=C(C)C.CC.CCC(F)(F)F.CCC/C=C\C(C)CC. The molecule has 1 atom stereocenters. The number of hydrogen-bond acceptors (Lipinski definition) is 0. The molecule has 0 aromatic rings. The Labute approximate surface area is 131 Å². The number of rotatable bonds is 4. The lowest BCUT2D eigenvalue weighted by Gasteiger charge is -1.97. The van der Waals surface area contributed by atoms with Crippen LogP contribution in [-0.2, 0) is 0 Å². The van der Waals surface area contributed by atoms with Gasteiger partial charge in [-0.3, -0.25) is 0 Å². The molecule has 0 aliphatic carbocycles. The van der Waals surface area contributed by atoms with Crippen molar-refractivity contribution in [3.8, 4) is 0 Å². The predicted octanol–water partition coefficient (Wildman–Crippen LogP) is 7.96. The van der Waals surface area contributed by atoms with Crippen molar-refractivity contribution in [3.05, 3.63) is 24.3 Å². The molecule has 21 heavy (non-hydrogen) atoms. The summed E-state index contributed by atoms with van der Waals surface area (Å²) >= 11 is 0. The van der Waals surface area contributed by atoms with Crippen LogP contribution in [0.4, 0.5) is 13.2 Å². The summed E-state index contributed by atoms with van der Waals surface area (Å²) in [6.45, 7) is 19.3. The number of unbranched alkanes of at least 4 members (excludes halogenated alkanes) is 1. The molecule has 0 nitrogen and oxygen atoms in total. The van der Waals surface area contributed by atoms with E-state index in [9.17, 15) is 13.2 Å². The standard InChI is InChI=1S/C9H18.C4H8.C3H5F3.C2H6/c1-4-6-7-8-9(3)5-2;1-4(2)3;1-2-3(4,5)6;1-2/h7-9H,4-6H2,1-3H3;1H2,2-3H3;2H2,1H3;1-2H3/b8-7-;;;. The van der Waals surface area contributed by atoms with Crippen molar-refractivity contribution in [1.82, 2.24) is 0 Å². The van der Waals surface area contributed by atoms with Crippen LogP contribution in [0.15, 0.2) is 24.3 Å². The van der Waals surface area contributed by atoms with E-state index in [2.05, 4.69) is 39.5 Å². The maximum atomic E-state index is 10.8. The first kappa shape index (κ1) is 28.4. The Kier molecular flexibility index (Phi) is 29.2. The highest BCUT2D eigenvalue weighted by molar-refractivity contribution is 4.85. The quantitative estimate of drug-likeness (QED) is 0.462. The molecular formula is C18H37F3. The first-order chi connectivity index (χ1) is 9.60. The largest absolute Gasteiger partial charge is 0.388 e. The summed E-state index contributed by atoms with van der Waals surface area (Å²) in [7, 11) is 0. The van der Waals surface area contributed by atoms with Crippen LogP contribution in [0.1, 0.15) is 81.1 Å². The Morgan fingerprint density at radius 1 is 1.10 bits per heavy atom. The third-order valence-corrected chi connectivity index (χ3v) is 1.96. The van der Waals surface area contributed by atoms with Gasteiger partial charge in [0.2, 0.25) is 0 Å². The molecule has 3 heteroatoms. The molecule has 0 aliphatic heterocycles. The van der Waals surface area contributed by atoms with Crippen LogP contribution in [0.5, 0.6) is 0 Å². The Balaban J connectivity index is -0.000000104. The molecule has 0 heterocycles. The van der Waals surface area contributed by atoms with Gasteiger partial charge in [-0.2, -0.15) is 13.2 Å². The van der Waals surface area contributed by atoms with Crippen LogP contribution in [-0.4, -0.2) is 6.18 Å². The fourth-order valence-corrected chi connectivity index (χ4v) is 0.631. The van der Waals surface area contributed by atoms with Gasteiger partial charge in [-0.15, -0.1) is 6.58 Å². The minimum Gasteiger partial charge on any atom is -0.171 e. The average molecular weight is 310 g/mol. The molecule has 0 saturated carbocycles. The number of hydrogen-bond donors (Lipinski definition) is 0. The Bertz CT molecular complexity index is 211. The highest BCUT2D eigenvalue weighted by atomic mass is 19.4. The van der Waals surface area contributed by atoms with Gasteiger partial charge in [-0.25, -0.2) is 0 Å². The maximum Gasteiger partial charge on any atom is 0.388 e. The lowest BCUT2D eigenvalue weighted by atomic mass is 10.1. The molecule has 0 rings (SSSR count). The van der Waals surface area contributed by atoms with Crippen LogP contribution in [0.2, 0.25) is 0 Å². The Morgan fingerprint density at radius 2 is 1.43 bits per heavy atom. The van der Waals surface area contributed by atoms with Crippen molar-refractivity contribution in [1.29, 1.82) is 0 Å². The summed E-state index contributed by atoms with van der Waals surface area (Å²) in [5.74, 6) is 0.775. The van der Waals surface area contributed by atoms with Crippen molar-refractivity contribution in [2.75, 3.05) is 0 Å². The smallest absolute Gasteiger partial charge is 0.171 e. The molecule has 0 amide bonds. The average Bonchev–Trinajstić information content (AvgIpc) is 2.40. The number of halogens is 3. The first-order valence-corrected chi connectivity index (χ1v) is 7.96. The molecule has 0 aromatic heterocycles. The molecule has 0 radical (unpaired) electrons. The molecule has 0 bridgehead atoms. The summed E-state index contributed by atoms with van der Waals surface area (Å²) in [4.78, 5) is 0. The van der Waals surface area contributed by atoms with Gasteiger partial charge in [0.1, 0.15) is 0 Å². The van der Waals surface area contributed by atoms with Gasteiger partial charge in [0.05, 0.1) is 0 Å². The van der Waals surface area contributed by atoms with Gasteiger partial charge in [-0.1, -0.05) is 72.1 Å². The second-order valence-corrected chi connectivity index (χ2v) is 4.78. The highest BCUT2D eigenvalue weighted by Crippen LogP contribution is 2.17. The minimum absolute atomic E-state index is 0.729. The summed E-state index contributed by atoms with van der Waals surface area (Å²) in [6.07, 6.45) is 3.68. The zero-order valence-corrected chi connectivity index (χ0v) is 15.4. The van der Waals surface area contributed by atoms with Gasteiger partial charge in [-0.05, 0) is 26.2 Å². The lowest BCUT2D eigenvalue weighted by Crippen LogP contribution is -2.02. The van der Waals surface area contributed by atoms with E-state index in [1.165, 1.54) is 24.8 Å². The highest BCUT2D eigenvalue weighted by Gasteiger charge is 2.22. The zero-order valence-electron chi connectivity index (χ0n) is 15.4. The second kappa shape index (κ2) is 21.6. The molecule has 0 saturated heterocycles. The molecule has 0 aromatic carbocycles. The lowest BCUT2D eigenvalue weighted by molar-refractivity contribution is -0.130. The van der Waals surface area contributed by atoms with E-state index < -0.39 is 12.6 Å². The van der Waals surface area contributed by atoms with E-state index in [-0.39, 0.29) is 0 Å². The van der Waals surface area contributed by atoms with Crippen LogP contribution in [0, 0.1) is 5.92 Å². The molecule has 0 fully saturated rings. The molecule has 0 spiro atoms. The normalized spacial score (nSPS) is 11.2. The molecule has 1 unspecified atom stereocenters. The Morgan fingerprint density at radius 3 is 1.62 bits per heavy atom. The van der Waals surface area contributed by atoms with Crippen molar-refractivity contribution < 1.29 is 13.2 Å². The third kappa shape index (κ3) is 66.9. The van der Waals surface area contributed by atoms with E-state index in [4.69, 9.17) is 0 Å². The van der Waals surface area contributed by atoms with Crippen molar-refractivity contribution in [2.45, 2.75) is 87.2 Å². The fourth-order valence-electron chi connectivity index (χ4n) is 0.631. The van der Waals surface area contributed by atoms with E-state index >= 15 is 0 Å². The van der Waals surface area contributed by atoms with E-state index in [1.54, 1.807) is 0 Å². The van der Waals surface area contributed by atoms with E-state index in [0.717, 1.165) is 12.8 Å². The summed E-state index contributed by atoms with van der Waals surface area (Å²) in [6, 6.07) is 0. The second-order valence-electron chi connectivity index (χ2n) is 4.78. The van der Waals surface area contributed by atoms with Gasteiger partial charge < -0.3 is 0 Å². The maximum absolute atomic E-state index is 10.8. The summed E-state index contributed by atoms with van der Waals surface area (Å²) in [5.41, 5.74) is 1.17. The first-order valence-electron chi connectivity index (χ1n) is 7.96. The number of alkyl halides is 3. The van der Waals surface area contributed by atoms with E-state index in [1.807, 2.05) is 27.7 Å². The monoisotopic (exact) mass is 310 g/mol. The van der Waals surface area contributed by atoms with Crippen molar-refractivity contribution in [2.24, 2.45) is 5.92 Å². The van der Waals surface area contributed by atoms with Crippen LogP contribution >= 0.6 is 0 Å². The summed E-state index contributed by atoms with van der Waals surface area (Å²) < 4.78 is 32.4. The molecule has 130 valence electrons. The minimum atomic E-state index is -3.96. The van der Waals surface area contributed by atoms with Gasteiger partial charge in [0, 0.05) is 6.42 Å². The predicted molar refractivity (Wildman–Crippen MR) is 91.7 cm³/mol. The fraction of sp³-hybridized carbons (Fsp3) is 0.778. The van der Waals surface area contributed by atoms with E-state index in [0.29, 0.717) is 0 Å². The van der Waals surface area contributed by atoms with Crippen molar-refractivity contribution in [3.63, 3.8) is 0 Å².